The summed E-state index contributed by atoms with van der Waals surface area (Å²) < 4.78 is 10.5. The molecule has 0 aliphatic carbocycles. The quantitative estimate of drug-likeness (QED) is 0.432. The number of benzene rings is 2. The Kier molecular flexibility index (Phi) is 5.02. The molecule has 0 fully saturated rings. The molecular weight excluding hydrogens is 336 g/mol. The Morgan fingerprint density at radius 1 is 1.12 bits per heavy atom. The van der Waals surface area contributed by atoms with Crippen LogP contribution in [0.4, 0.5) is 11.4 Å². The minimum atomic E-state index is -0.375. The number of nitrogen functional groups attached to an aromatic ring is 1. The van der Waals surface area contributed by atoms with Crippen molar-refractivity contribution in [3.05, 3.63) is 48.0 Å². The smallest absolute Gasteiger partial charge is 0.271 e. The molecule has 1 aliphatic rings. The maximum absolute atomic E-state index is 12.1. The highest BCUT2D eigenvalue weighted by molar-refractivity contribution is 6.06. The van der Waals surface area contributed by atoms with E-state index in [0.717, 1.165) is 0 Å². The van der Waals surface area contributed by atoms with Crippen LogP contribution >= 0.6 is 0 Å². The fourth-order valence-electron chi connectivity index (χ4n) is 2.30. The Bertz CT molecular complexity index is 862. The summed E-state index contributed by atoms with van der Waals surface area (Å²) >= 11 is 0. The van der Waals surface area contributed by atoms with Gasteiger partial charge in [-0.25, -0.2) is 5.43 Å². The first-order valence-electron chi connectivity index (χ1n) is 7.90. The van der Waals surface area contributed by atoms with Crippen LogP contribution in [0.3, 0.4) is 0 Å². The van der Waals surface area contributed by atoms with Gasteiger partial charge in [0.2, 0.25) is 12.7 Å². The Morgan fingerprint density at radius 3 is 2.62 bits per heavy atom. The number of hydrogen-bond acceptors (Lipinski definition) is 6. The second kappa shape index (κ2) is 7.56. The van der Waals surface area contributed by atoms with E-state index in [-0.39, 0.29) is 25.0 Å². The van der Waals surface area contributed by atoms with E-state index in [1.54, 1.807) is 49.4 Å². The van der Waals surface area contributed by atoms with Crippen LogP contribution in [0, 0.1) is 0 Å². The number of hydrogen-bond donors (Lipinski definition) is 3. The van der Waals surface area contributed by atoms with Crippen molar-refractivity contribution in [1.82, 2.24) is 5.43 Å². The van der Waals surface area contributed by atoms with Gasteiger partial charge in [-0.2, -0.15) is 5.10 Å². The molecule has 8 heteroatoms. The van der Waals surface area contributed by atoms with Gasteiger partial charge in [0.15, 0.2) is 11.5 Å². The molecule has 0 radical (unpaired) electrons. The predicted molar refractivity (Wildman–Crippen MR) is 97.2 cm³/mol. The van der Waals surface area contributed by atoms with Crippen LogP contribution < -0.4 is 25.9 Å². The fraction of sp³-hybridized carbons (Fsp3) is 0.167. The average Bonchev–Trinajstić information content (AvgIpc) is 3.08. The Morgan fingerprint density at radius 2 is 1.85 bits per heavy atom. The number of fused-ring (bicyclic) bond motifs is 1. The third kappa shape index (κ3) is 4.29. The third-order valence-electron chi connectivity index (χ3n) is 3.59. The lowest BCUT2D eigenvalue weighted by Crippen LogP contribution is -2.21. The first kappa shape index (κ1) is 17.3. The molecule has 134 valence electrons. The zero-order chi connectivity index (χ0) is 18.5. The number of anilines is 2. The summed E-state index contributed by atoms with van der Waals surface area (Å²) in [6.07, 6.45) is 0.0382. The molecule has 26 heavy (non-hydrogen) atoms. The number of carbonyl (C=O) groups is 2. The van der Waals surface area contributed by atoms with Crippen molar-refractivity contribution in [2.45, 2.75) is 13.3 Å². The number of nitrogens with two attached hydrogens (primary N) is 1. The number of nitrogens with one attached hydrogen (secondary N) is 2. The van der Waals surface area contributed by atoms with E-state index >= 15 is 0 Å². The second-order valence-corrected chi connectivity index (χ2v) is 5.70. The van der Waals surface area contributed by atoms with Crippen molar-refractivity contribution in [1.29, 1.82) is 0 Å². The van der Waals surface area contributed by atoms with Crippen molar-refractivity contribution in [3.63, 3.8) is 0 Å². The van der Waals surface area contributed by atoms with Crippen LogP contribution in [-0.4, -0.2) is 24.3 Å². The van der Waals surface area contributed by atoms with Crippen LogP contribution in [0.25, 0.3) is 0 Å². The van der Waals surface area contributed by atoms with Crippen molar-refractivity contribution in [3.8, 4) is 11.5 Å². The van der Waals surface area contributed by atoms with Crippen molar-refractivity contribution in [2.75, 3.05) is 17.8 Å². The minimum Gasteiger partial charge on any atom is -0.454 e. The summed E-state index contributed by atoms with van der Waals surface area (Å²) in [4.78, 5) is 24.0. The van der Waals surface area contributed by atoms with Crippen LogP contribution in [0.5, 0.6) is 11.5 Å². The highest BCUT2D eigenvalue weighted by Crippen LogP contribution is 2.34. The van der Waals surface area contributed by atoms with Gasteiger partial charge in [0, 0.05) is 28.7 Å². The maximum atomic E-state index is 12.1. The third-order valence-corrected chi connectivity index (χ3v) is 3.59. The average molecular weight is 354 g/mol. The molecular formula is C18H18N4O4. The number of nitrogens with zero attached hydrogens (tertiary/aromatic N) is 1. The lowest BCUT2D eigenvalue weighted by Gasteiger charge is -2.06. The summed E-state index contributed by atoms with van der Waals surface area (Å²) in [5, 5.41) is 6.69. The number of ether oxygens (including phenoxy) is 2. The predicted octanol–water partition coefficient (Wildman–Crippen LogP) is 2.13. The first-order chi connectivity index (χ1) is 12.5. The van der Waals surface area contributed by atoms with Gasteiger partial charge in [-0.05, 0) is 43.3 Å². The zero-order valence-corrected chi connectivity index (χ0v) is 14.1. The SMILES string of the molecule is C/C(CC(=O)Nc1ccc2c(c1)OCO2)=N/NC(=O)c1ccc(N)cc1. The van der Waals surface area contributed by atoms with Crippen LogP contribution in [0.1, 0.15) is 23.7 Å². The molecule has 0 saturated carbocycles. The largest absolute Gasteiger partial charge is 0.454 e. The standard InChI is InChI=1S/C18H18N4O4/c1-11(21-22-18(24)12-2-4-13(19)5-3-12)8-17(23)20-14-6-7-15-16(9-14)26-10-25-15/h2-7,9H,8,10,19H2,1H3,(H,20,23)(H,22,24)/b21-11-. The molecule has 0 saturated heterocycles. The Labute approximate surface area is 150 Å². The zero-order valence-electron chi connectivity index (χ0n) is 14.1. The highest BCUT2D eigenvalue weighted by Gasteiger charge is 2.14. The van der Waals surface area contributed by atoms with Gasteiger partial charge in [-0.1, -0.05) is 0 Å². The highest BCUT2D eigenvalue weighted by atomic mass is 16.7. The number of hydrazone groups is 1. The van der Waals surface area contributed by atoms with E-state index in [0.29, 0.717) is 34.1 Å². The monoisotopic (exact) mass is 354 g/mol. The van der Waals surface area contributed by atoms with E-state index in [2.05, 4.69) is 15.8 Å². The Balaban J connectivity index is 1.52. The van der Waals surface area contributed by atoms with Crippen LogP contribution in [0.15, 0.2) is 47.6 Å². The molecule has 8 nitrogen and oxygen atoms in total. The molecule has 2 aromatic carbocycles. The molecule has 0 unspecified atom stereocenters. The lowest BCUT2D eigenvalue weighted by atomic mass is 10.2. The van der Waals surface area contributed by atoms with Crippen molar-refractivity contribution >= 4 is 28.9 Å². The van der Waals surface area contributed by atoms with Crippen molar-refractivity contribution < 1.29 is 19.1 Å². The summed E-state index contributed by atoms with van der Waals surface area (Å²) in [5.74, 6) is 0.599. The van der Waals surface area contributed by atoms with Gasteiger partial charge in [-0.3, -0.25) is 9.59 Å². The van der Waals surface area contributed by atoms with Gasteiger partial charge in [-0.15, -0.1) is 0 Å². The number of amides is 2. The second-order valence-electron chi connectivity index (χ2n) is 5.70. The summed E-state index contributed by atoms with van der Waals surface area (Å²) in [6.45, 7) is 1.83. The summed E-state index contributed by atoms with van der Waals surface area (Å²) in [7, 11) is 0. The molecule has 0 atom stereocenters. The van der Waals surface area contributed by atoms with Crippen molar-refractivity contribution in [2.24, 2.45) is 5.10 Å². The normalized spacial score (nSPS) is 12.6. The van der Waals surface area contributed by atoms with Gasteiger partial charge >= 0.3 is 0 Å². The van der Waals surface area contributed by atoms with E-state index in [1.807, 2.05) is 0 Å². The molecule has 0 spiro atoms. The molecule has 2 aromatic rings. The number of rotatable bonds is 5. The first-order valence-corrected chi connectivity index (χ1v) is 7.90. The van der Waals surface area contributed by atoms with Gasteiger partial charge in [0.1, 0.15) is 0 Å². The fourth-order valence-corrected chi connectivity index (χ4v) is 2.30. The molecule has 2 amide bonds. The van der Waals surface area contributed by atoms with E-state index in [9.17, 15) is 9.59 Å². The number of carbonyl (C=O) groups excluding carboxylic acids is 2. The van der Waals surface area contributed by atoms with E-state index in [1.165, 1.54) is 0 Å². The van der Waals surface area contributed by atoms with E-state index < -0.39 is 0 Å². The summed E-state index contributed by atoms with van der Waals surface area (Å²) in [6, 6.07) is 11.6. The molecule has 1 aliphatic heterocycles. The Hall–Kier alpha value is -3.55. The lowest BCUT2D eigenvalue weighted by molar-refractivity contribution is -0.115. The molecule has 1 heterocycles. The van der Waals surface area contributed by atoms with E-state index in [4.69, 9.17) is 15.2 Å². The minimum absolute atomic E-state index is 0.0382. The molecule has 0 bridgehead atoms. The van der Waals surface area contributed by atoms with Gasteiger partial charge in [0.25, 0.3) is 5.91 Å². The van der Waals surface area contributed by atoms with Crippen LogP contribution in [-0.2, 0) is 4.79 Å². The topological polar surface area (TPSA) is 115 Å². The van der Waals surface area contributed by atoms with Gasteiger partial charge < -0.3 is 20.5 Å². The molecule has 0 aromatic heterocycles. The van der Waals surface area contributed by atoms with Crippen LogP contribution in [0.2, 0.25) is 0 Å². The molecule has 3 rings (SSSR count). The molecule has 4 N–H and O–H groups in total. The summed E-state index contributed by atoms with van der Waals surface area (Å²) in [5.41, 5.74) is 10.1. The van der Waals surface area contributed by atoms with Gasteiger partial charge in [0.05, 0.1) is 6.42 Å². The maximum Gasteiger partial charge on any atom is 0.271 e.